The van der Waals surface area contributed by atoms with Crippen LogP contribution in [0, 0.1) is 3.57 Å². The van der Waals surface area contributed by atoms with E-state index in [0.29, 0.717) is 11.6 Å². The van der Waals surface area contributed by atoms with Gasteiger partial charge in [0, 0.05) is 13.6 Å². The predicted octanol–water partition coefficient (Wildman–Crippen LogP) is 4.96. The van der Waals surface area contributed by atoms with Gasteiger partial charge in [-0.25, -0.2) is 0 Å². The van der Waals surface area contributed by atoms with Crippen LogP contribution in [0.4, 0.5) is 5.82 Å². The molecule has 3 rings (SSSR count). The van der Waals surface area contributed by atoms with Crippen molar-refractivity contribution in [1.82, 2.24) is 5.16 Å². The molecule has 2 N–H and O–H groups in total. The molecule has 1 heterocycles. The normalized spacial score (nSPS) is 10.7. The Morgan fingerprint density at radius 2 is 1.85 bits per heavy atom. The lowest BCUT2D eigenvalue weighted by atomic mass is 10.0. The maximum absolute atomic E-state index is 5.98. The maximum Gasteiger partial charge on any atom is 0.178 e. The van der Waals surface area contributed by atoms with E-state index >= 15 is 0 Å². The summed E-state index contributed by atoms with van der Waals surface area (Å²) in [4.78, 5) is 0. The Labute approximate surface area is 138 Å². The van der Waals surface area contributed by atoms with Gasteiger partial charge in [0.05, 0.1) is 5.56 Å². The van der Waals surface area contributed by atoms with Gasteiger partial charge in [0.2, 0.25) is 0 Å². The van der Waals surface area contributed by atoms with Gasteiger partial charge < -0.3 is 10.3 Å². The zero-order valence-corrected chi connectivity index (χ0v) is 14.1. The lowest BCUT2D eigenvalue weighted by Gasteiger charge is -2.05. The number of nitrogens with zero attached hydrogens (tertiary/aromatic N) is 1. The molecule has 0 aliphatic carbocycles. The molecule has 5 heteroatoms. The number of hydrogen-bond donors (Lipinski definition) is 1. The lowest BCUT2D eigenvalue weighted by molar-refractivity contribution is 0.436. The van der Waals surface area contributed by atoms with Crippen LogP contribution in [0.15, 0.2) is 57.5 Å². The fourth-order valence-electron chi connectivity index (χ4n) is 2.04. The Hall–Kier alpha value is -1.34. The van der Waals surface area contributed by atoms with Crippen molar-refractivity contribution in [2.45, 2.75) is 0 Å². The van der Waals surface area contributed by atoms with Crippen molar-refractivity contribution >= 4 is 44.3 Å². The number of benzene rings is 2. The molecule has 100 valence electrons. The SMILES string of the molecule is Nc1noc(-c2cc(I)ccc2Br)c1-c1ccccc1. The van der Waals surface area contributed by atoms with Crippen LogP contribution in [0.3, 0.4) is 0 Å². The molecule has 0 saturated carbocycles. The van der Waals surface area contributed by atoms with E-state index < -0.39 is 0 Å². The first kappa shape index (κ1) is 13.6. The minimum absolute atomic E-state index is 0.400. The van der Waals surface area contributed by atoms with Crippen LogP contribution in [0.25, 0.3) is 22.5 Å². The summed E-state index contributed by atoms with van der Waals surface area (Å²) in [6, 6.07) is 15.9. The summed E-state index contributed by atoms with van der Waals surface area (Å²) < 4.78 is 7.53. The Morgan fingerprint density at radius 3 is 2.60 bits per heavy atom. The Balaban J connectivity index is 2.24. The molecule has 0 aliphatic heterocycles. The van der Waals surface area contributed by atoms with Gasteiger partial charge in [-0.2, -0.15) is 0 Å². The quantitative estimate of drug-likeness (QED) is 0.573. The summed E-state index contributed by atoms with van der Waals surface area (Å²) in [5.74, 6) is 1.08. The minimum atomic E-state index is 0.400. The number of nitrogens with two attached hydrogens (primary N) is 1. The highest BCUT2D eigenvalue weighted by atomic mass is 127. The average molecular weight is 441 g/mol. The first-order valence-corrected chi connectivity index (χ1v) is 7.80. The van der Waals surface area contributed by atoms with Crippen molar-refractivity contribution in [3.05, 3.63) is 56.6 Å². The molecule has 0 amide bonds. The summed E-state index contributed by atoms with van der Waals surface area (Å²) >= 11 is 5.82. The zero-order valence-electron chi connectivity index (χ0n) is 10.3. The number of hydrogen-bond acceptors (Lipinski definition) is 3. The van der Waals surface area contributed by atoms with Crippen LogP contribution in [0.2, 0.25) is 0 Å². The van der Waals surface area contributed by atoms with Crippen molar-refractivity contribution in [1.29, 1.82) is 0 Å². The molecule has 0 atom stereocenters. The fraction of sp³-hybridized carbons (Fsp3) is 0. The van der Waals surface area contributed by atoms with Crippen LogP contribution in [0.1, 0.15) is 0 Å². The van der Waals surface area contributed by atoms with Gasteiger partial charge in [-0.3, -0.25) is 0 Å². The largest absolute Gasteiger partial charge is 0.380 e. The Kier molecular flexibility index (Phi) is 3.80. The standard InChI is InChI=1S/C15H10BrIN2O/c16-12-7-6-10(17)8-11(12)14-13(15(18)19-20-14)9-4-2-1-3-5-9/h1-8H,(H2,18,19). The molecule has 0 saturated heterocycles. The van der Waals surface area contributed by atoms with Gasteiger partial charge in [-0.15, -0.1) is 0 Å². The number of halogens is 2. The van der Waals surface area contributed by atoms with E-state index in [4.69, 9.17) is 10.3 Å². The van der Waals surface area contributed by atoms with Crippen LogP contribution in [-0.2, 0) is 0 Å². The highest BCUT2D eigenvalue weighted by molar-refractivity contribution is 14.1. The van der Waals surface area contributed by atoms with E-state index in [9.17, 15) is 0 Å². The van der Waals surface area contributed by atoms with E-state index in [2.05, 4.69) is 43.7 Å². The molecule has 0 aliphatic rings. The molecule has 3 nitrogen and oxygen atoms in total. The van der Waals surface area contributed by atoms with Crippen molar-refractivity contribution in [2.24, 2.45) is 0 Å². The van der Waals surface area contributed by atoms with E-state index in [1.165, 1.54) is 0 Å². The first-order valence-electron chi connectivity index (χ1n) is 5.93. The summed E-state index contributed by atoms with van der Waals surface area (Å²) in [5.41, 5.74) is 8.74. The van der Waals surface area contributed by atoms with Gasteiger partial charge in [-0.1, -0.05) is 51.4 Å². The second kappa shape index (κ2) is 5.57. The van der Waals surface area contributed by atoms with Crippen molar-refractivity contribution in [3.8, 4) is 22.5 Å². The molecule has 0 spiro atoms. The molecule has 0 fully saturated rings. The van der Waals surface area contributed by atoms with Crippen LogP contribution >= 0.6 is 38.5 Å². The summed E-state index contributed by atoms with van der Waals surface area (Å²) in [6.07, 6.45) is 0. The van der Waals surface area contributed by atoms with Crippen molar-refractivity contribution < 1.29 is 4.52 Å². The second-order valence-electron chi connectivity index (χ2n) is 4.26. The molecular formula is C15H10BrIN2O. The smallest absolute Gasteiger partial charge is 0.178 e. The Morgan fingerprint density at radius 1 is 1.10 bits per heavy atom. The average Bonchev–Trinajstić information content (AvgIpc) is 2.84. The molecule has 20 heavy (non-hydrogen) atoms. The number of anilines is 1. The van der Waals surface area contributed by atoms with Crippen molar-refractivity contribution in [2.75, 3.05) is 5.73 Å². The minimum Gasteiger partial charge on any atom is -0.380 e. The number of rotatable bonds is 2. The highest BCUT2D eigenvalue weighted by Crippen LogP contribution is 2.39. The molecule has 0 bridgehead atoms. The Bertz CT molecular complexity index is 756. The van der Waals surface area contributed by atoms with Gasteiger partial charge in [0.25, 0.3) is 0 Å². The molecule has 0 radical (unpaired) electrons. The third-order valence-corrected chi connectivity index (χ3v) is 4.32. The zero-order chi connectivity index (χ0) is 14.1. The molecule has 1 aromatic heterocycles. The molecule has 2 aromatic carbocycles. The fourth-order valence-corrected chi connectivity index (χ4v) is 2.96. The summed E-state index contributed by atoms with van der Waals surface area (Å²) in [6.45, 7) is 0. The molecular weight excluding hydrogens is 431 g/mol. The number of nitrogen functional groups attached to an aromatic ring is 1. The third kappa shape index (κ3) is 2.47. The molecule has 3 aromatic rings. The summed E-state index contributed by atoms with van der Waals surface area (Å²) in [5, 5.41) is 3.92. The van der Waals surface area contributed by atoms with E-state index in [1.54, 1.807) is 0 Å². The van der Waals surface area contributed by atoms with Crippen LogP contribution in [0.5, 0.6) is 0 Å². The van der Waals surface area contributed by atoms with Gasteiger partial charge in [0.15, 0.2) is 11.6 Å². The van der Waals surface area contributed by atoms with Crippen molar-refractivity contribution in [3.63, 3.8) is 0 Å². The van der Waals surface area contributed by atoms with E-state index in [1.807, 2.05) is 48.5 Å². The summed E-state index contributed by atoms with van der Waals surface area (Å²) in [7, 11) is 0. The number of aromatic nitrogens is 1. The second-order valence-corrected chi connectivity index (χ2v) is 6.36. The van der Waals surface area contributed by atoms with E-state index in [-0.39, 0.29) is 0 Å². The predicted molar refractivity (Wildman–Crippen MR) is 92.2 cm³/mol. The third-order valence-electron chi connectivity index (χ3n) is 2.95. The van der Waals surface area contributed by atoms with E-state index in [0.717, 1.165) is 24.7 Å². The van der Waals surface area contributed by atoms with Crippen LogP contribution < -0.4 is 5.73 Å². The highest BCUT2D eigenvalue weighted by Gasteiger charge is 2.19. The topological polar surface area (TPSA) is 52.0 Å². The first-order chi connectivity index (χ1) is 9.66. The maximum atomic E-state index is 5.98. The van der Waals surface area contributed by atoms with Gasteiger partial charge >= 0.3 is 0 Å². The van der Waals surface area contributed by atoms with Crippen LogP contribution in [-0.4, -0.2) is 5.16 Å². The lowest BCUT2D eigenvalue weighted by Crippen LogP contribution is -1.89. The molecule has 0 unspecified atom stereocenters. The van der Waals surface area contributed by atoms with Gasteiger partial charge in [0.1, 0.15) is 0 Å². The monoisotopic (exact) mass is 440 g/mol. The van der Waals surface area contributed by atoms with Gasteiger partial charge in [-0.05, 0) is 46.4 Å².